The molecule has 0 amide bonds. The van der Waals surface area contributed by atoms with Crippen LogP contribution >= 0.6 is 23.2 Å². The molecule has 5 nitrogen and oxygen atoms in total. The van der Waals surface area contributed by atoms with E-state index in [2.05, 4.69) is 0 Å². The van der Waals surface area contributed by atoms with Gasteiger partial charge in [0.25, 0.3) is 0 Å². The molecule has 0 saturated carbocycles. The fourth-order valence-corrected chi connectivity index (χ4v) is 2.66. The van der Waals surface area contributed by atoms with Crippen molar-refractivity contribution < 1.29 is 23.8 Å². The van der Waals surface area contributed by atoms with Crippen LogP contribution in [0.5, 0.6) is 17.2 Å². The van der Waals surface area contributed by atoms with E-state index in [1.165, 1.54) is 19.2 Å². The zero-order valence-corrected chi connectivity index (χ0v) is 16.2. The second-order valence-electron chi connectivity index (χ2n) is 5.57. The highest BCUT2D eigenvalue weighted by Crippen LogP contribution is 2.27. The summed E-state index contributed by atoms with van der Waals surface area (Å²) in [4.78, 5) is 25.1. The summed E-state index contributed by atoms with van der Waals surface area (Å²) in [6.45, 7) is 0. The lowest BCUT2D eigenvalue weighted by molar-refractivity contribution is 0.0728. The normalized spacial score (nSPS) is 10.2. The van der Waals surface area contributed by atoms with Gasteiger partial charge in [-0.25, -0.2) is 9.59 Å². The van der Waals surface area contributed by atoms with Crippen molar-refractivity contribution >= 4 is 35.1 Å². The fraction of sp³-hybridized carbons (Fsp3) is 0.0476. The smallest absolute Gasteiger partial charge is 0.347 e. The average molecular weight is 417 g/mol. The third kappa shape index (κ3) is 4.63. The first kappa shape index (κ1) is 19.7. The van der Waals surface area contributed by atoms with Gasteiger partial charge in [0.1, 0.15) is 28.4 Å². The van der Waals surface area contributed by atoms with Gasteiger partial charge in [0.05, 0.1) is 7.11 Å². The van der Waals surface area contributed by atoms with Gasteiger partial charge in [-0.05, 0) is 60.7 Å². The zero-order valence-electron chi connectivity index (χ0n) is 14.6. The predicted molar refractivity (Wildman–Crippen MR) is 106 cm³/mol. The van der Waals surface area contributed by atoms with E-state index < -0.39 is 11.9 Å². The summed E-state index contributed by atoms with van der Waals surface area (Å²) < 4.78 is 15.9. The second kappa shape index (κ2) is 8.78. The van der Waals surface area contributed by atoms with Crippen molar-refractivity contribution in [3.63, 3.8) is 0 Å². The second-order valence-corrected chi connectivity index (χ2v) is 6.45. The summed E-state index contributed by atoms with van der Waals surface area (Å²) in [5, 5.41) is 1.04. The van der Waals surface area contributed by atoms with Crippen molar-refractivity contribution in [1.29, 1.82) is 0 Å². The zero-order chi connectivity index (χ0) is 20.1. The van der Waals surface area contributed by atoms with E-state index in [4.69, 9.17) is 37.4 Å². The Hall–Kier alpha value is -3.02. The van der Waals surface area contributed by atoms with Gasteiger partial charge >= 0.3 is 11.9 Å². The molecular formula is C21H14Cl2O5. The number of carbonyl (C=O) groups excluding carboxylic acids is 2. The van der Waals surface area contributed by atoms with Gasteiger partial charge in [-0.2, -0.15) is 0 Å². The highest BCUT2D eigenvalue weighted by atomic mass is 35.5. The van der Waals surface area contributed by atoms with E-state index >= 15 is 0 Å². The van der Waals surface area contributed by atoms with E-state index in [9.17, 15) is 9.59 Å². The molecule has 0 spiro atoms. The van der Waals surface area contributed by atoms with Crippen molar-refractivity contribution in [3.05, 3.63) is 87.9 Å². The molecule has 0 aliphatic rings. The summed E-state index contributed by atoms with van der Waals surface area (Å²) in [6.07, 6.45) is 0. The quantitative estimate of drug-likeness (QED) is 0.409. The van der Waals surface area contributed by atoms with E-state index in [1.807, 2.05) is 0 Å². The van der Waals surface area contributed by atoms with Crippen LogP contribution in [0.4, 0.5) is 0 Å². The minimum absolute atomic E-state index is 0.0560. The number of hydrogen-bond acceptors (Lipinski definition) is 5. The van der Waals surface area contributed by atoms with Crippen LogP contribution in [0, 0.1) is 0 Å². The van der Waals surface area contributed by atoms with Crippen LogP contribution in [0.15, 0.2) is 66.7 Å². The number of ether oxygens (including phenoxy) is 3. The Morgan fingerprint density at radius 2 is 1.07 bits per heavy atom. The SMILES string of the molecule is COc1c(C(=O)Oc2ccc(Cl)cc2)cccc1C(=O)Oc1ccc(Cl)cc1. The molecule has 0 aliphatic carbocycles. The van der Waals surface area contributed by atoms with Crippen molar-refractivity contribution in [2.24, 2.45) is 0 Å². The van der Waals surface area contributed by atoms with Gasteiger partial charge in [0, 0.05) is 10.0 Å². The first-order chi connectivity index (χ1) is 13.5. The summed E-state index contributed by atoms with van der Waals surface area (Å²) in [5.74, 6) is -0.683. The van der Waals surface area contributed by atoms with Gasteiger partial charge in [0.2, 0.25) is 0 Å². The molecule has 0 aliphatic heterocycles. The Balaban J connectivity index is 1.85. The fourth-order valence-electron chi connectivity index (χ4n) is 2.41. The third-order valence-corrected chi connectivity index (χ3v) is 4.21. The molecule has 0 fully saturated rings. The van der Waals surface area contributed by atoms with Gasteiger partial charge in [-0.3, -0.25) is 0 Å². The van der Waals surface area contributed by atoms with Crippen LogP contribution in [-0.4, -0.2) is 19.0 Å². The first-order valence-corrected chi connectivity index (χ1v) is 8.86. The first-order valence-electron chi connectivity index (χ1n) is 8.10. The molecule has 0 bridgehead atoms. The molecule has 0 atom stereocenters. The van der Waals surface area contributed by atoms with Crippen molar-refractivity contribution in [1.82, 2.24) is 0 Å². The van der Waals surface area contributed by atoms with Gasteiger partial charge in [-0.15, -0.1) is 0 Å². The maximum Gasteiger partial charge on any atom is 0.347 e. The summed E-state index contributed by atoms with van der Waals surface area (Å²) >= 11 is 11.6. The Morgan fingerprint density at radius 3 is 1.43 bits per heavy atom. The Kier molecular flexibility index (Phi) is 6.19. The van der Waals surface area contributed by atoms with Gasteiger partial charge < -0.3 is 14.2 Å². The molecule has 0 aromatic heterocycles. The van der Waals surface area contributed by atoms with E-state index in [-0.39, 0.29) is 16.9 Å². The van der Waals surface area contributed by atoms with Crippen LogP contribution in [0.2, 0.25) is 10.0 Å². The van der Waals surface area contributed by atoms with E-state index in [0.29, 0.717) is 21.5 Å². The Bertz CT molecular complexity index is 921. The van der Waals surface area contributed by atoms with Gasteiger partial charge in [0.15, 0.2) is 0 Å². The Labute approximate surface area is 171 Å². The number of para-hydroxylation sites is 1. The molecule has 3 rings (SSSR count). The number of benzene rings is 3. The molecule has 3 aromatic carbocycles. The monoisotopic (exact) mass is 416 g/mol. The lowest BCUT2D eigenvalue weighted by Gasteiger charge is -2.12. The molecule has 7 heteroatoms. The molecule has 0 N–H and O–H groups in total. The molecule has 0 unspecified atom stereocenters. The summed E-state index contributed by atoms with van der Waals surface area (Å²) in [5.41, 5.74) is 0.172. The summed E-state index contributed by atoms with van der Waals surface area (Å²) in [7, 11) is 1.35. The van der Waals surface area contributed by atoms with Crippen molar-refractivity contribution in [3.8, 4) is 17.2 Å². The molecule has 0 heterocycles. The molecule has 3 aromatic rings. The largest absolute Gasteiger partial charge is 0.495 e. The maximum absolute atomic E-state index is 12.5. The minimum Gasteiger partial charge on any atom is -0.495 e. The van der Waals surface area contributed by atoms with Crippen LogP contribution in [-0.2, 0) is 0 Å². The van der Waals surface area contributed by atoms with Crippen molar-refractivity contribution in [2.45, 2.75) is 0 Å². The predicted octanol–water partition coefficient (Wildman–Crippen LogP) is 5.44. The number of halogens is 2. The topological polar surface area (TPSA) is 61.8 Å². The standard InChI is InChI=1S/C21H14Cl2O5/c1-26-19-17(20(24)27-15-9-5-13(22)6-10-15)3-2-4-18(19)21(25)28-16-11-7-14(23)8-12-16/h2-12H,1H3. The van der Waals surface area contributed by atoms with Crippen LogP contribution in [0.3, 0.4) is 0 Å². The number of hydrogen-bond donors (Lipinski definition) is 0. The number of methoxy groups -OCH3 is 1. The van der Waals surface area contributed by atoms with E-state index in [1.54, 1.807) is 54.6 Å². The molecule has 142 valence electrons. The van der Waals surface area contributed by atoms with Crippen LogP contribution < -0.4 is 14.2 Å². The Morgan fingerprint density at radius 1 is 0.679 bits per heavy atom. The minimum atomic E-state index is -0.680. The lowest BCUT2D eigenvalue weighted by atomic mass is 10.1. The molecule has 0 radical (unpaired) electrons. The highest BCUT2D eigenvalue weighted by molar-refractivity contribution is 6.30. The molecule has 28 heavy (non-hydrogen) atoms. The highest BCUT2D eigenvalue weighted by Gasteiger charge is 2.22. The van der Waals surface area contributed by atoms with Crippen LogP contribution in [0.25, 0.3) is 0 Å². The number of carbonyl (C=O) groups is 2. The van der Waals surface area contributed by atoms with Crippen LogP contribution in [0.1, 0.15) is 20.7 Å². The number of esters is 2. The van der Waals surface area contributed by atoms with Gasteiger partial charge in [-0.1, -0.05) is 29.3 Å². The maximum atomic E-state index is 12.5. The number of rotatable bonds is 5. The van der Waals surface area contributed by atoms with E-state index in [0.717, 1.165) is 0 Å². The molecule has 0 saturated heterocycles. The lowest BCUT2D eigenvalue weighted by Crippen LogP contribution is -2.15. The summed E-state index contributed by atoms with van der Waals surface area (Å²) in [6, 6.07) is 17.2. The van der Waals surface area contributed by atoms with Crippen molar-refractivity contribution in [2.75, 3.05) is 7.11 Å². The molecular weight excluding hydrogens is 403 g/mol. The third-order valence-electron chi connectivity index (χ3n) is 3.71. The average Bonchev–Trinajstić information content (AvgIpc) is 2.70.